The Hall–Kier alpha value is -2.71. The van der Waals surface area contributed by atoms with Gasteiger partial charge >= 0.3 is 0 Å². The summed E-state index contributed by atoms with van der Waals surface area (Å²) in [7, 11) is 0. The number of nitrogens with zero attached hydrogens (tertiary/aromatic N) is 4. The van der Waals surface area contributed by atoms with Crippen LogP contribution in [0.15, 0.2) is 44.3 Å². The number of benzene rings is 1. The summed E-state index contributed by atoms with van der Waals surface area (Å²) < 4.78 is 12.3. The minimum Gasteiger partial charge on any atom is -0.448 e. The zero-order chi connectivity index (χ0) is 17.0. The van der Waals surface area contributed by atoms with Crippen molar-refractivity contribution in [2.45, 2.75) is 31.3 Å². The van der Waals surface area contributed by atoms with Crippen LogP contribution in [0.1, 0.15) is 31.0 Å². The average molecular weight is 374 g/mol. The van der Waals surface area contributed by atoms with Crippen molar-refractivity contribution in [2.24, 2.45) is 5.73 Å². The lowest BCUT2D eigenvalue weighted by molar-refractivity contribution is 0.228. The Morgan fingerprint density at radius 3 is 2.85 bits per heavy atom. The van der Waals surface area contributed by atoms with Gasteiger partial charge in [0.05, 0.1) is 11.9 Å². The zero-order valence-corrected chi connectivity index (χ0v) is 14.5. The summed E-state index contributed by atoms with van der Waals surface area (Å²) in [4.78, 5) is 21.4. The molecule has 1 aliphatic carbocycles. The Morgan fingerprint density at radius 1 is 1.27 bits per heavy atom. The smallest absolute Gasteiger partial charge is 0.297 e. The highest BCUT2D eigenvalue weighted by Crippen LogP contribution is 2.36. The first-order valence-electron chi connectivity index (χ1n) is 8.13. The first kappa shape index (κ1) is 16.7. The predicted octanol–water partition coefficient (Wildman–Crippen LogP) is 2.33. The largest absolute Gasteiger partial charge is 0.448 e. The van der Waals surface area contributed by atoms with Gasteiger partial charge in [-0.15, -0.1) is 12.4 Å². The molecule has 3 heterocycles. The number of furan rings is 1. The second kappa shape index (κ2) is 5.93. The van der Waals surface area contributed by atoms with Gasteiger partial charge in [0.2, 0.25) is 11.5 Å². The molecule has 4 aromatic rings. The number of rotatable bonds is 3. The summed E-state index contributed by atoms with van der Waals surface area (Å²) in [6.07, 6.45) is 4.22. The van der Waals surface area contributed by atoms with E-state index in [-0.39, 0.29) is 30.1 Å². The average Bonchev–Trinajstić information content (AvgIpc) is 3.20. The highest BCUT2D eigenvalue weighted by atomic mass is 35.5. The summed E-state index contributed by atoms with van der Waals surface area (Å²) in [6.45, 7) is 0.127. The maximum Gasteiger partial charge on any atom is 0.297 e. The monoisotopic (exact) mass is 373 g/mol. The number of fused-ring (bicyclic) bond motifs is 3. The van der Waals surface area contributed by atoms with Crippen LogP contribution in [0.5, 0.6) is 0 Å². The Kier molecular flexibility index (Phi) is 3.82. The van der Waals surface area contributed by atoms with E-state index in [0.717, 1.165) is 24.6 Å². The summed E-state index contributed by atoms with van der Waals surface area (Å²) in [5.74, 6) is 0.825. The van der Waals surface area contributed by atoms with Gasteiger partial charge in [-0.3, -0.25) is 9.36 Å². The first-order valence-corrected chi connectivity index (χ1v) is 8.13. The van der Waals surface area contributed by atoms with Gasteiger partial charge in [0, 0.05) is 5.39 Å². The van der Waals surface area contributed by atoms with Crippen molar-refractivity contribution in [3.63, 3.8) is 0 Å². The standard InChI is InChI=1S/C17H15N5O3.ClH/c18-17(6-3-7-17)16-20-12(25-21-16)8-22-9-19-13-10-4-1-2-5-11(10)24-14(13)15(22)23;/h1-2,4-5,9H,3,6-8,18H2;1H. The molecule has 0 radical (unpaired) electrons. The molecule has 9 heteroatoms. The SMILES string of the molecule is Cl.NC1(c2noc(Cn3cnc4c(oc5ccccc54)c3=O)n2)CCC1. The third kappa shape index (κ3) is 2.41. The molecule has 5 rings (SSSR count). The summed E-state index contributed by atoms with van der Waals surface area (Å²) >= 11 is 0. The first-order chi connectivity index (χ1) is 12.1. The van der Waals surface area contributed by atoms with Crippen molar-refractivity contribution in [1.29, 1.82) is 0 Å². The molecule has 0 atom stereocenters. The van der Waals surface area contributed by atoms with Gasteiger partial charge in [-0.05, 0) is 31.4 Å². The van der Waals surface area contributed by atoms with Crippen LogP contribution in [0.2, 0.25) is 0 Å². The van der Waals surface area contributed by atoms with E-state index in [1.807, 2.05) is 24.3 Å². The molecule has 0 spiro atoms. The van der Waals surface area contributed by atoms with Crippen molar-refractivity contribution in [3.8, 4) is 0 Å². The van der Waals surface area contributed by atoms with Gasteiger partial charge in [0.25, 0.3) is 5.56 Å². The molecule has 2 N–H and O–H groups in total. The topological polar surface area (TPSA) is 113 Å². The molecule has 1 aromatic carbocycles. The second-order valence-corrected chi connectivity index (χ2v) is 6.47. The summed E-state index contributed by atoms with van der Waals surface area (Å²) in [5.41, 5.74) is 6.83. The lowest BCUT2D eigenvalue weighted by Crippen LogP contribution is -2.44. The number of hydrogen-bond acceptors (Lipinski definition) is 7. The molecule has 0 aliphatic heterocycles. The van der Waals surface area contributed by atoms with Gasteiger partial charge in [-0.25, -0.2) is 4.98 Å². The number of aromatic nitrogens is 4. The fourth-order valence-electron chi connectivity index (χ4n) is 3.18. The lowest BCUT2D eigenvalue weighted by atomic mass is 9.77. The molecular formula is C17H16ClN5O3. The molecule has 26 heavy (non-hydrogen) atoms. The van der Waals surface area contributed by atoms with Crippen molar-refractivity contribution < 1.29 is 8.94 Å². The fraction of sp³-hybridized carbons (Fsp3) is 0.294. The number of halogens is 1. The van der Waals surface area contributed by atoms with Crippen LogP contribution in [0, 0.1) is 0 Å². The molecule has 134 valence electrons. The van der Waals surface area contributed by atoms with Crippen LogP contribution in [-0.2, 0) is 12.1 Å². The zero-order valence-electron chi connectivity index (χ0n) is 13.7. The molecular weight excluding hydrogens is 358 g/mol. The van der Waals surface area contributed by atoms with E-state index >= 15 is 0 Å². The molecule has 1 fully saturated rings. The van der Waals surface area contributed by atoms with Gasteiger partial charge in [-0.1, -0.05) is 17.3 Å². The minimum absolute atomic E-state index is 0. The van der Waals surface area contributed by atoms with Crippen LogP contribution in [-0.4, -0.2) is 19.7 Å². The maximum absolute atomic E-state index is 12.7. The number of hydrogen-bond donors (Lipinski definition) is 1. The van der Waals surface area contributed by atoms with Crippen LogP contribution in [0.25, 0.3) is 22.1 Å². The molecule has 0 amide bonds. The van der Waals surface area contributed by atoms with Gasteiger partial charge < -0.3 is 14.7 Å². The van der Waals surface area contributed by atoms with Crippen molar-refractivity contribution in [3.05, 3.63) is 52.7 Å². The van der Waals surface area contributed by atoms with E-state index in [2.05, 4.69) is 15.1 Å². The molecule has 1 saturated carbocycles. The van der Waals surface area contributed by atoms with Crippen molar-refractivity contribution in [1.82, 2.24) is 19.7 Å². The van der Waals surface area contributed by atoms with E-state index in [9.17, 15) is 4.79 Å². The Bertz CT molecular complexity index is 1160. The number of para-hydroxylation sites is 1. The van der Waals surface area contributed by atoms with E-state index in [1.165, 1.54) is 10.9 Å². The molecule has 0 bridgehead atoms. The maximum atomic E-state index is 12.7. The Labute approximate surface area is 153 Å². The van der Waals surface area contributed by atoms with E-state index in [4.69, 9.17) is 14.7 Å². The Morgan fingerprint density at radius 2 is 2.08 bits per heavy atom. The summed E-state index contributed by atoms with van der Waals surface area (Å²) in [6, 6.07) is 7.42. The van der Waals surface area contributed by atoms with Crippen LogP contribution in [0.4, 0.5) is 0 Å². The minimum atomic E-state index is -0.492. The molecule has 0 saturated heterocycles. The van der Waals surface area contributed by atoms with Crippen LogP contribution < -0.4 is 11.3 Å². The third-order valence-electron chi connectivity index (χ3n) is 4.82. The number of nitrogens with two attached hydrogens (primary N) is 1. The van der Waals surface area contributed by atoms with Crippen molar-refractivity contribution >= 4 is 34.5 Å². The highest BCUT2D eigenvalue weighted by Gasteiger charge is 2.39. The highest BCUT2D eigenvalue weighted by molar-refractivity contribution is 6.01. The molecule has 8 nitrogen and oxygen atoms in total. The van der Waals surface area contributed by atoms with Crippen LogP contribution in [0.3, 0.4) is 0 Å². The second-order valence-electron chi connectivity index (χ2n) is 6.47. The van der Waals surface area contributed by atoms with E-state index in [1.54, 1.807) is 0 Å². The van der Waals surface area contributed by atoms with E-state index < -0.39 is 5.54 Å². The predicted molar refractivity (Wildman–Crippen MR) is 96.1 cm³/mol. The molecule has 1 aliphatic rings. The van der Waals surface area contributed by atoms with E-state index in [0.29, 0.717) is 22.8 Å². The third-order valence-corrected chi connectivity index (χ3v) is 4.82. The van der Waals surface area contributed by atoms with Crippen molar-refractivity contribution in [2.75, 3.05) is 0 Å². The summed E-state index contributed by atoms with van der Waals surface area (Å²) in [5, 5.41) is 4.78. The van der Waals surface area contributed by atoms with Crippen LogP contribution >= 0.6 is 12.4 Å². The van der Waals surface area contributed by atoms with Gasteiger partial charge in [-0.2, -0.15) is 4.98 Å². The van der Waals surface area contributed by atoms with Gasteiger partial charge in [0.15, 0.2) is 5.82 Å². The normalized spacial score (nSPS) is 15.7. The quantitative estimate of drug-likeness (QED) is 0.586. The lowest BCUT2D eigenvalue weighted by Gasteiger charge is -2.34. The fourth-order valence-corrected chi connectivity index (χ4v) is 3.18. The molecule has 3 aromatic heterocycles. The molecule has 0 unspecified atom stereocenters. The Balaban J connectivity index is 0.00000168. The van der Waals surface area contributed by atoms with Gasteiger partial charge in [0.1, 0.15) is 17.6 Å².